The van der Waals surface area contributed by atoms with Crippen LogP contribution in [0.25, 0.3) is 0 Å². The molecule has 0 bridgehead atoms. The van der Waals surface area contributed by atoms with Crippen LogP contribution in [0.5, 0.6) is 0 Å². The minimum absolute atomic E-state index is 0.246. The molecule has 9 nitrogen and oxygen atoms in total. The predicted octanol–water partition coefficient (Wildman–Crippen LogP) is 1.94. The van der Waals surface area contributed by atoms with E-state index in [0.717, 1.165) is 18.5 Å². The van der Waals surface area contributed by atoms with Gasteiger partial charge in [-0.2, -0.15) is 0 Å². The van der Waals surface area contributed by atoms with Gasteiger partial charge in [0.25, 0.3) is 5.91 Å². The van der Waals surface area contributed by atoms with Crippen molar-refractivity contribution in [3.05, 3.63) is 41.2 Å². The highest BCUT2D eigenvalue weighted by Crippen LogP contribution is 2.18. The highest BCUT2D eigenvalue weighted by Gasteiger charge is 2.21. The van der Waals surface area contributed by atoms with Crippen molar-refractivity contribution >= 4 is 23.3 Å². The summed E-state index contributed by atoms with van der Waals surface area (Å²) in [5.41, 5.74) is 2.93. The third kappa shape index (κ3) is 4.24. The standard InChI is InChI=1S/C17H18N4O5/c1-2-24-17(23)11-6-8-12(9-7-11)18-15(22)10-25-19-13-4-3-5-14-16(13)21-26-20-14/h6-9H,2-5,10H2,1H3,(H,18,22)/b19-13-. The second kappa shape index (κ2) is 8.24. The summed E-state index contributed by atoms with van der Waals surface area (Å²) in [4.78, 5) is 28.6. The van der Waals surface area contributed by atoms with Crippen LogP contribution in [0.1, 0.15) is 41.5 Å². The number of ether oxygens (including phenoxy) is 1. The van der Waals surface area contributed by atoms with Crippen LogP contribution in [0, 0.1) is 0 Å². The molecule has 0 atom stereocenters. The molecule has 26 heavy (non-hydrogen) atoms. The number of nitrogens with zero attached hydrogens (tertiary/aromatic N) is 3. The SMILES string of the molecule is CCOC(=O)c1ccc(NC(=O)CO/N=C2/CCCc3nonc32)cc1. The lowest BCUT2D eigenvalue weighted by atomic mass is 9.99. The van der Waals surface area contributed by atoms with Crippen LogP contribution >= 0.6 is 0 Å². The van der Waals surface area contributed by atoms with E-state index in [-0.39, 0.29) is 12.5 Å². The van der Waals surface area contributed by atoms with Gasteiger partial charge in [-0.05, 0) is 55.6 Å². The van der Waals surface area contributed by atoms with Gasteiger partial charge in [0, 0.05) is 5.69 Å². The van der Waals surface area contributed by atoms with Gasteiger partial charge in [-0.15, -0.1) is 0 Å². The van der Waals surface area contributed by atoms with E-state index in [1.165, 1.54) is 0 Å². The van der Waals surface area contributed by atoms with Crippen molar-refractivity contribution in [3.8, 4) is 0 Å². The number of amides is 1. The van der Waals surface area contributed by atoms with Crippen molar-refractivity contribution in [2.75, 3.05) is 18.5 Å². The van der Waals surface area contributed by atoms with E-state index in [2.05, 4.69) is 20.8 Å². The third-order valence-corrected chi connectivity index (χ3v) is 3.71. The van der Waals surface area contributed by atoms with Crippen molar-refractivity contribution in [2.45, 2.75) is 26.2 Å². The zero-order chi connectivity index (χ0) is 18.4. The highest BCUT2D eigenvalue weighted by atomic mass is 16.6. The number of fused-ring (bicyclic) bond motifs is 1. The second-order valence-electron chi connectivity index (χ2n) is 5.57. The smallest absolute Gasteiger partial charge is 0.338 e. The molecule has 0 unspecified atom stereocenters. The third-order valence-electron chi connectivity index (χ3n) is 3.71. The zero-order valence-electron chi connectivity index (χ0n) is 14.2. The van der Waals surface area contributed by atoms with Crippen molar-refractivity contribution in [3.63, 3.8) is 0 Å². The summed E-state index contributed by atoms with van der Waals surface area (Å²) in [6.45, 7) is 1.80. The Balaban J connectivity index is 1.51. The van der Waals surface area contributed by atoms with Gasteiger partial charge >= 0.3 is 5.97 Å². The van der Waals surface area contributed by atoms with Crippen LogP contribution in [0.15, 0.2) is 34.1 Å². The normalized spacial score (nSPS) is 14.6. The fourth-order valence-electron chi connectivity index (χ4n) is 2.49. The average Bonchev–Trinajstić information content (AvgIpc) is 3.12. The number of nitrogens with one attached hydrogen (secondary N) is 1. The van der Waals surface area contributed by atoms with E-state index in [1.807, 2.05) is 0 Å². The van der Waals surface area contributed by atoms with Crippen LogP contribution in [0.4, 0.5) is 5.69 Å². The van der Waals surface area contributed by atoms with Crippen molar-refractivity contribution < 1.29 is 23.8 Å². The van der Waals surface area contributed by atoms with Crippen molar-refractivity contribution in [1.82, 2.24) is 10.3 Å². The fraction of sp³-hybridized carbons (Fsp3) is 0.353. The Hall–Kier alpha value is -3.23. The van der Waals surface area contributed by atoms with E-state index in [9.17, 15) is 9.59 Å². The van der Waals surface area contributed by atoms with Gasteiger partial charge in [0.2, 0.25) is 0 Å². The van der Waals surface area contributed by atoms with Crippen LogP contribution < -0.4 is 5.32 Å². The van der Waals surface area contributed by atoms with Crippen LogP contribution in [0.2, 0.25) is 0 Å². The zero-order valence-corrected chi connectivity index (χ0v) is 14.2. The molecule has 0 saturated carbocycles. The molecule has 3 rings (SSSR count). The molecule has 1 amide bonds. The lowest BCUT2D eigenvalue weighted by molar-refractivity contribution is -0.120. The van der Waals surface area contributed by atoms with Gasteiger partial charge in [-0.3, -0.25) is 4.79 Å². The Labute approximate surface area is 149 Å². The molecule has 0 aliphatic heterocycles. The number of anilines is 1. The second-order valence-corrected chi connectivity index (χ2v) is 5.57. The monoisotopic (exact) mass is 358 g/mol. The molecule has 1 aromatic heterocycles. The summed E-state index contributed by atoms with van der Waals surface area (Å²) in [6.07, 6.45) is 2.36. The van der Waals surface area contributed by atoms with Gasteiger partial charge in [0.05, 0.1) is 12.2 Å². The van der Waals surface area contributed by atoms with Crippen molar-refractivity contribution in [2.24, 2.45) is 5.16 Å². The Bertz CT molecular complexity index is 813. The summed E-state index contributed by atoms with van der Waals surface area (Å²) >= 11 is 0. The molecule has 0 radical (unpaired) electrons. The van der Waals surface area contributed by atoms with Gasteiger partial charge in [0.15, 0.2) is 12.3 Å². The minimum Gasteiger partial charge on any atom is -0.462 e. The Morgan fingerprint density at radius 2 is 2.04 bits per heavy atom. The first-order valence-electron chi connectivity index (χ1n) is 8.25. The maximum atomic E-state index is 11.9. The number of benzene rings is 1. The number of hydrogen-bond acceptors (Lipinski definition) is 8. The van der Waals surface area contributed by atoms with E-state index >= 15 is 0 Å². The van der Waals surface area contributed by atoms with Crippen LogP contribution in [-0.4, -0.2) is 41.1 Å². The molecule has 1 heterocycles. The summed E-state index contributed by atoms with van der Waals surface area (Å²) < 4.78 is 9.60. The molecular weight excluding hydrogens is 340 g/mol. The number of aryl methyl sites for hydroxylation is 1. The molecule has 136 valence electrons. The van der Waals surface area contributed by atoms with Gasteiger partial charge in [-0.1, -0.05) is 10.3 Å². The first kappa shape index (κ1) is 17.6. The maximum Gasteiger partial charge on any atom is 0.338 e. The number of rotatable bonds is 6. The van der Waals surface area contributed by atoms with Crippen LogP contribution in [-0.2, 0) is 20.8 Å². The molecule has 1 aromatic carbocycles. The first-order chi connectivity index (χ1) is 12.7. The minimum atomic E-state index is -0.404. The van der Waals surface area contributed by atoms with E-state index in [0.29, 0.717) is 35.7 Å². The Morgan fingerprint density at radius 1 is 1.23 bits per heavy atom. The number of esters is 1. The molecule has 1 aliphatic rings. The lowest BCUT2D eigenvalue weighted by Crippen LogP contribution is -2.18. The molecule has 0 spiro atoms. The summed E-state index contributed by atoms with van der Waals surface area (Å²) in [5, 5.41) is 14.2. The summed E-state index contributed by atoms with van der Waals surface area (Å²) in [5.74, 6) is -0.772. The summed E-state index contributed by atoms with van der Waals surface area (Å²) in [6, 6.07) is 6.39. The Morgan fingerprint density at radius 3 is 2.81 bits per heavy atom. The first-order valence-corrected chi connectivity index (χ1v) is 8.25. The van der Waals surface area contributed by atoms with Crippen LogP contribution in [0.3, 0.4) is 0 Å². The van der Waals surface area contributed by atoms with Crippen molar-refractivity contribution in [1.29, 1.82) is 0 Å². The fourth-order valence-corrected chi connectivity index (χ4v) is 2.49. The number of carbonyl (C=O) groups is 2. The van der Waals surface area contributed by atoms with Gasteiger partial charge in [-0.25, -0.2) is 9.42 Å². The van der Waals surface area contributed by atoms with Gasteiger partial charge in [0.1, 0.15) is 11.4 Å². The van der Waals surface area contributed by atoms with E-state index in [4.69, 9.17) is 14.2 Å². The Kier molecular flexibility index (Phi) is 5.57. The van der Waals surface area contributed by atoms with E-state index in [1.54, 1.807) is 31.2 Å². The largest absolute Gasteiger partial charge is 0.462 e. The average molecular weight is 358 g/mol. The highest BCUT2D eigenvalue weighted by molar-refractivity contribution is 6.00. The van der Waals surface area contributed by atoms with E-state index < -0.39 is 5.97 Å². The molecule has 0 saturated heterocycles. The molecular formula is C17H18N4O5. The quantitative estimate of drug-likeness (QED) is 0.619. The predicted molar refractivity (Wildman–Crippen MR) is 90.8 cm³/mol. The topological polar surface area (TPSA) is 116 Å². The lowest BCUT2D eigenvalue weighted by Gasteiger charge is -2.09. The number of oxime groups is 1. The maximum absolute atomic E-state index is 11.9. The molecule has 1 N–H and O–H groups in total. The number of aromatic nitrogens is 2. The number of hydrogen-bond donors (Lipinski definition) is 1. The summed E-state index contributed by atoms with van der Waals surface area (Å²) in [7, 11) is 0. The molecule has 9 heteroatoms. The molecule has 2 aromatic rings. The molecule has 1 aliphatic carbocycles. The number of carbonyl (C=O) groups excluding carboxylic acids is 2. The molecule has 0 fully saturated rings. The van der Waals surface area contributed by atoms with Gasteiger partial charge < -0.3 is 14.9 Å².